The van der Waals surface area contributed by atoms with Crippen LogP contribution in [0.15, 0.2) is 48.5 Å². The molecular formula is C18H18ClNO3. The lowest BCUT2D eigenvalue weighted by Crippen LogP contribution is -2.31. The predicted molar refractivity (Wildman–Crippen MR) is 89.5 cm³/mol. The topological polar surface area (TPSA) is 55.4 Å². The first-order chi connectivity index (χ1) is 11.0. The lowest BCUT2D eigenvalue weighted by Gasteiger charge is -2.14. The van der Waals surface area contributed by atoms with Crippen LogP contribution in [0.2, 0.25) is 5.02 Å². The molecule has 0 spiro atoms. The first kappa shape index (κ1) is 17.0. The molecule has 1 N–H and O–H groups in total. The van der Waals surface area contributed by atoms with Gasteiger partial charge in [-0.15, -0.1) is 0 Å². The number of ether oxygens (including phenoxy) is 1. The van der Waals surface area contributed by atoms with Crippen molar-refractivity contribution in [3.63, 3.8) is 0 Å². The summed E-state index contributed by atoms with van der Waals surface area (Å²) >= 11 is 5.93. The minimum atomic E-state index is -0.518. The van der Waals surface area contributed by atoms with E-state index >= 15 is 0 Å². The van der Waals surface area contributed by atoms with Crippen molar-refractivity contribution >= 4 is 23.5 Å². The number of benzene rings is 2. The van der Waals surface area contributed by atoms with Crippen molar-refractivity contribution in [2.24, 2.45) is 0 Å². The molecule has 1 amide bonds. The van der Waals surface area contributed by atoms with Crippen LogP contribution in [-0.2, 0) is 9.53 Å². The number of aryl methyl sites for hydroxylation is 1. The van der Waals surface area contributed by atoms with Gasteiger partial charge >= 0.3 is 5.97 Å². The SMILES string of the molecule is Cc1ccc(C(=O)OCC(=O)N[C@@H](C)c2cccc(Cl)c2)cc1. The van der Waals surface area contributed by atoms with Crippen molar-refractivity contribution in [1.82, 2.24) is 5.32 Å². The maximum atomic E-state index is 11.9. The smallest absolute Gasteiger partial charge is 0.338 e. The molecule has 0 unspecified atom stereocenters. The van der Waals surface area contributed by atoms with Crippen LogP contribution in [0.5, 0.6) is 0 Å². The number of amides is 1. The quantitative estimate of drug-likeness (QED) is 0.850. The Morgan fingerprint density at radius 1 is 1.17 bits per heavy atom. The first-order valence-corrected chi connectivity index (χ1v) is 7.62. The van der Waals surface area contributed by atoms with Crippen LogP contribution < -0.4 is 5.32 Å². The molecule has 120 valence electrons. The minimum Gasteiger partial charge on any atom is -0.452 e. The molecule has 0 radical (unpaired) electrons. The van der Waals surface area contributed by atoms with E-state index < -0.39 is 5.97 Å². The number of esters is 1. The summed E-state index contributed by atoms with van der Waals surface area (Å²) in [5, 5.41) is 3.37. The summed E-state index contributed by atoms with van der Waals surface area (Å²) in [7, 11) is 0. The summed E-state index contributed by atoms with van der Waals surface area (Å²) in [6, 6.07) is 14.0. The Bertz CT molecular complexity index is 698. The van der Waals surface area contributed by atoms with Crippen LogP contribution in [-0.4, -0.2) is 18.5 Å². The zero-order chi connectivity index (χ0) is 16.8. The van der Waals surface area contributed by atoms with Crippen molar-refractivity contribution in [3.05, 3.63) is 70.2 Å². The predicted octanol–water partition coefficient (Wildman–Crippen LogP) is 3.68. The van der Waals surface area contributed by atoms with Gasteiger partial charge in [0.05, 0.1) is 11.6 Å². The highest BCUT2D eigenvalue weighted by atomic mass is 35.5. The van der Waals surface area contributed by atoms with Crippen LogP contribution in [0.3, 0.4) is 0 Å². The summed E-state index contributed by atoms with van der Waals surface area (Å²) in [5.41, 5.74) is 2.36. The number of nitrogens with one attached hydrogen (secondary N) is 1. The normalized spacial score (nSPS) is 11.6. The Balaban J connectivity index is 1.85. The van der Waals surface area contributed by atoms with Crippen molar-refractivity contribution in [2.75, 3.05) is 6.61 Å². The van der Waals surface area contributed by atoms with Gasteiger partial charge in [-0.25, -0.2) is 4.79 Å². The molecule has 0 aliphatic carbocycles. The maximum Gasteiger partial charge on any atom is 0.338 e. The van der Waals surface area contributed by atoms with Gasteiger partial charge < -0.3 is 10.1 Å². The highest BCUT2D eigenvalue weighted by molar-refractivity contribution is 6.30. The lowest BCUT2D eigenvalue weighted by molar-refractivity contribution is -0.124. The zero-order valence-electron chi connectivity index (χ0n) is 13.0. The van der Waals surface area contributed by atoms with Crippen molar-refractivity contribution < 1.29 is 14.3 Å². The number of hydrogen-bond donors (Lipinski definition) is 1. The number of hydrogen-bond acceptors (Lipinski definition) is 3. The van der Waals surface area contributed by atoms with Gasteiger partial charge in [0.15, 0.2) is 6.61 Å². The summed E-state index contributed by atoms with van der Waals surface area (Å²) < 4.78 is 5.01. The molecule has 0 bridgehead atoms. The van der Waals surface area contributed by atoms with Crippen LogP contribution in [0, 0.1) is 6.92 Å². The maximum absolute atomic E-state index is 11.9. The minimum absolute atomic E-state index is 0.223. The van der Waals surface area contributed by atoms with Gasteiger partial charge in [0.1, 0.15) is 0 Å². The van der Waals surface area contributed by atoms with Gasteiger partial charge in [0.25, 0.3) is 5.91 Å². The van der Waals surface area contributed by atoms with Crippen LogP contribution >= 0.6 is 11.6 Å². The molecule has 0 saturated carbocycles. The Morgan fingerprint density at radius 2 is 1.87 bits per heavy atom. The zero-order valence-corrected chi connectivity index (χ0v) is 13.8. The molecule has 0 aromatic heterocycles. The van der Waals surface area contributed by atoms with Crippen LogP contribution in [0.25, 0.3) is 0 Å². The molecule has 0 aliphatic rings. The van der Waals surface area contributed by atoms with Gasteiger partial charge in [-0.05, 0) is 43.7 Å². The van der Waals surface area contributed by atoms with E-state index in [2.05, 4.69) is 5.32 Å². The number of carbonyl (C=O) groups is 2. The third kappa shape index (κ3) is 5.11. The largest absolute Gasteiger partial charge is 0.452 e. The van der Waals surface area contributed by atoms with Gasteiger partial charge in [0.2, 0.25) is 0 Å². The first-order valence-electron chi connectivity index (χ1n) is 7.24. The molecule has 0 fully saturated rings. The van der Waals surface area contributed by atoms with Crippen LogP contribution in [0.4, 0.5) is 0 Å². The average Bonchev–Trinajstić information content (AvgIpc) is 2.53. The van der Waals surface area contributed by atoms with E-state index in [1.54, 1.807) is 24.3 Å². The van der Waals surface area contributed by atoms with E-state index in [0.717, 1.165) is 11.1 Å². The van der Waals surface area contributed by atoms with Crippen molar-refractivity contribution in [2.45, 2.75) is 19.9 Å². The number of halogens is 1. The molecule has 0 heterocycles. The Kier molecular flexibility index (Phi) is 5.77. The third-order valence-corrected chi connectivity index (χ3v) is 3.58. The molecule has 5 heteroatoms. The molecule has 2 rings (SSSR count). The fourth-order valence-corrected chi connectivity index (χ4v) is 2.25. The number of rotatable bonds is 5. The van der Waals surface area contributed by atoms with E-state index in [4.69, 9.17) is 16.3 Å². The second kappa shape index (κ2) is 7.79. The number of carbonyl (C=O) groups excluding carboxylic acids is 2. The van der Waals surface area contributed by atoms with E-state index in [1.165, 1.54) is 0 Å². The second-order valence-electron chi connectivity index (χ2n) is 5.29. The molecule has 4 nitrogen and oxygen atoms in total. The molecule has 2 aromatic rings. The van der Waals surface area contributed by atoms with E-state index in [1.807, 2.05) is 38.1 Å². The second-order valence-corrected chi connectivity index (χ2v) is 5.72. The highest BCUT2D eigenvalue weighted by Gasteiger charge is 2.13. The molecule has 0 saturated heterocycles. The summed E-state index contributed by atoms with van der Waals surface area (Å²) in [6.45, 7) is 3.45. The molecule has 1 atom stereocenters. The Morgan fingerprint density at radius 3 is 2.52 bits per heavy atom. The van der Waals surface area contributed by atoms with E-state index in [0.29, 0.717) is 10.6 Å². The van der Waals surface area contributed by atoms with Crippen molar-refractivity contribution in [1.29, 1.82) is 0 Å². The monoisotopic (exact) mass is 331 g/mol. The van der Waals surface area contributed by atoms with Gasteiger partial charge in [0, 0.05) is 5.02 Å². The van der Waals surface area contributed by atoms with E-state index in [9.17, 15) is 9.59 Å². The Labute approximate surface area is 140 Å². The molecule has 0 aliphatic heterocycles. The standard InChI is InChI=1S/C18H18ClNO3/c1-12-6-8-14(9-7-12)18(22)23-11-17(21)20-13(2)15-4-3-5-16(19)10-15/h3-10,13H,11H2,1-2H3,(H,20,21)/t13-/m0/s1. The molecule has 23 heavy (non-hydrogen) atoms. The molecular weight excluding hydrogens is 314 g/mol. The average molecular weight is 332 g/mol. The molecule has 2 aromatic carbocycles. The van der Waals surface area contributed by atoms with Crippen LogP contribution in [0.1, 0.15) is 34.5 Å². The summed E-state index contributed by atoms with van der Waals surface area (Å²) in [4.78, 5) is 23.7. The Hall–Kier alpha value is -2.33. The van der Waals surface area contributed by atoms with Gasteiger partial charge in [-0.1, -0.05) is 41.4 Å². The lowest BCUT2D eigenvalue weighted by atomic mass is 10.1. The fraction of sp³-hybridized carbons (Fsp3) is 0.222. The summed E-state index contributed by atoms with van der Waals surface area (Å²) in [6.07, 6.45) is 0. The summed E-state index contributed by atoms with van der Waals surface area (Å²) in [5.74, 6) is -0.881. The van der Waals surface area contributed by atoms with Gasteiger partial charge in [-0.2, -0.15) is 0 Å². The fourth-order valence-electron chi connectivity index (χ4n) is 2.05. The van der Waals surface area contributed by atoms with Gasteiger partial charge in [-0.3, -0.25) is 4.79 Å². The third-order valence-electron chi connectivity index (χ3n) is 3.35. The van der Waals surface area contributed by atoms with E-state index in [-0.39, 0.29) is 18.6 Å². The highest BCUT2D eigenvalue weighted by Crippen LogP contribution is 2.17. The van der Waals surface area contributed by atoms with Crippen molar-refractivity contribution in [3.8, 4) is 0 Å².